The maximum Gasteiger partial charge on any atom is 0.0509 e. The van der Waals surface area contributed by atoms with Crippen LogP contribution in [0.1, 0.15) is 27.2 Å². The molecule has 0 bridgehead atoms. The van der Waals surface area contributed by atoms with Gasteiger partial charge < -0.3 is 5.32 Å². The van der Waals surface area contributed by atoms with E-state index in [9.17, 15) is 0 Å². The van der Waals surface area contributed by atoms with Gasteiger partial charge in [0.1, 0.15) is 0 Å². The second-order valence-corrected chi connectivity index (χ2v) is 5.77. The van der Waals surface area contributed by atoms with E-state index in [0.29, 0.717) is 6.04 Å². The molecule has 0 radical (unpaired) electrons. The van der Waals surface area contributed by atoms with E-state index in [1.807, 2.05) is 0 Å². The molecule has 4 heteroatoms. The van der Waals surface area contributed by atoms with Gasteiger partial charge in [-0.1, -0.05) is 0 Å². The molecule has 0 aromatic rings. The van der Waals surface area contributed by atoms with Gasteiger partial charge in [0.05, 0.1) is 6.67 Å². The molecule has 2 saturated heterocycles. The molecule has 0 aromatic heterocycles. The Bertz CT molecular complexity index is 225. The fraction of sp³-hybridized carbons (Fsp3) is 1.00. The Morgan fingerprint density at radius 1 is 1.06 bits per heavy atom. The Morgan fingerprint density at radius 3 is 2.47 bits per heavy atom. The lowest BCUT2D eigenvalue weighted by molar-refractivity contribution is 0.184. The minimum absolute atomic E-state index is 0.695. The zero-order valence-electron chi connectivity index (χ0n) is 11.7. The summed E-state index contributed by atoms with van der Waals surface area (Å²) in [5.74, 6) is 0. The van der Waals surface area contributed by atoms with Crippen molar-refractivity contribution in [2.75, 3.05) is 46.1 Å². The second kappa shape index (κ2) is 6.14. The molecule has 2 aliphatic heterocycles. The molecule has 2 rings (SSSR count). The highest BCUT2D eigenvalue weighted by Gasteiger charge is 2.23. The van der Waals surface area contributed by atoms with Crippen LogP contribution in [-0.4, -0.2) is 72.8 Å². The van der Waals surface area contributed by atoms with Crippen molar-refractivity contribution in [2.24, 2.45) is 0 Å². The van der Waals surface area contributed by atoms with Crippen molar-refractivity contribution < 1.29 is 0 Å². The quantitative estimate of drug-likeness (QED) is 0.760. The Morgan fingerprint density at radius 2 is 1.88 bits per heavy atom. The van der Waals surface area contributed by atoms with E-state index in [2.05, 4.69) is 40.8 Å². The van der Waals surface area contributed by atoms with Gasteiger partial charge >= 0.3 is 0 Å². The summed E-state index contributed by atoms with van der Waals surface area (Å²) in [5, 5.41) is 3.41. The average Bonchev–Trinajstić information content (AvgIpc) is 2.97. The van der Waals surface area contributed by atoms with E-state index in [1.165, 1.54) is 39.3 Å². The number of rotatable bonds is 5. The minimum Gasteiger partial charge on any atom is -0.303 e. The first kappa shape index (κ1) is 13.3. The third kappa shape index (κ3) is 3.65. The first-order chi connectivity index (χ1) is 8.16. The third-order valence-electron chi connectivity index (χ3n) is 4.19. The summed E-state index contributed by atoms with van der Waals surface area (Å²) in [6.45, 7) is 15.3. The molecule has 2 aliphatic rings. The Kier molecular flexibility index (Phi) is 4.79. The maximum atomic E-state index is 3.41. The summed E-state index contributed by atoms with van der Waals surface area (Å²) < 4.78 is 0. The van der Waals surface area contributed by atoms with Crippen molar-refractivity contribution >= 4 is 0 Å². The molecule has 0 amide bonds. The lowest BCUT2D eigenvalue weighted by atomic mass is 10.2. The molecule has 2 heterocycles. The van der Waals surface area contributed by atoms with Gasteiger partial charge in [0.15, 0.2) is 0 Å². The Labute approximate surface area is 106 Å². The van der Waals surface area contributed by atoms with Crippen molar-refractivity contribution in [1.82, 2.24) is 20.0 Å². The molecule has 1 unspecified atom stereocenters. The van der Waals surface area contributed by atoms with E-state index in [1.54, 1.807) is 0 Å². The third-order valence-corrected chi connectivity index (χ3v) is 4.19. The van der Waals surface area contributed by atoms with E-state index in [0.717, 1.165) is 19.3 Å². The maximum absolute atomic E-state index is 3.41. The largest absolute Gasteiger partial charge is 0.303 e. The van der Waals surface area contributed by atoms with E-state index >= 15 is 0 Å². The predicted molar refractivity (Wildman–Crippen MR) is 71.9 cm³/mol. The smallest absolute Gasteiger partial charge is 0.0509 e. The van der Waals surface area contributed by atoms with Gasteiger partial charge in [-0.2, -0.15) is 0 Å². The molecule has 2 fully saturated rings. The van der Waals surface area contributed by atoms with Crippen LogP contribution in [0.3, 0.4) is 0 Å². The highest BCUT2D eigenvalue weighted by atomic mass is 15.4. The van der Waals surface area contributed by atoms with Crippen LogP contribution in [0.4, 0.5) is 0 Å². The van der Waals surface area contributed by atoms with E-state index < -0.39 is 0 Å². The van der Waals surface area contributed by atoms with E-state index in [-0.39, 0.29) is 0 Å². The van der Waals surface area contributed by atoms with Crippen molar-refractivity contribution in [2.45, 2.75) is 39.3 Å². The summed E-state index contributed by atoms with van der Waals surface area (Å²) >= 11 is 0. The Balaban J connectivity index is 1.65. The predicted octanol–water partition coefficient (Wildman–Crippen LogP) is 0.611. The number of nitrogens with one attached hydrogen (secondary N) is 1. The molecule has 100 valence electrons. The monoisotopic (exact) mass is 240 g/mol. The van der Waals surface area contributed by atoms with Gasteiger partial charge in [0, 0.05) is 51.5 Å². The van der Waals surface area contributed by atoms with Crippen LogP contribution in [0, 0.1) is 0 Å². The van der Waals surface area contributed by atoms with Gasteiger partial charge in [-0.25, -0.2) is 0 Å². The summed E-state index contributed by atoms with van der Waals surface area (Å²) in [6, 6.07) is 1.42. The number of hydrogen-bond donors (Lipinski definition) is 1. The summed E-state index contributed by atoms with van der Waals surface area (Å²) in [6.07, 6.45) is 1.30. The first-order valence-corrected chi connectivity index (χ1v) is 7.08. The van der Waals surface area contributed by atoms with Crippen LogP contribution < -0.4 is 5.32 Å². The summed E-state index contributed by atoms with van der Waals surface area (Å²) in [4.78, 5) is 7.71. The molecule has 0 aliphatic carbocycles. The van der Waals surface area contributed by atoms with E-state index in [4.69, 9.17) is 0 Å². The van der Waals surface area contributed by atoms with Crippen LogP contribution in [0.5, 0.6) is 0 Å². The van der Waals surface area contributed by atoms with Crippen LogP contribution in [0.15, 0.2) is 0 Å². The summed E-state index contributed by atoms with van der Waals surface area (Å²) in [7, 11) is 0. The van der Waals surface area contributed by atoms with Crippen LogP contribution >= 0.6 is 0 Å². The lowest BCUT2D eigenvalue weighted by Gasteiger charge is -2.26. The fourth-order valence-electron chi connectivity index (χ4n) is 2.72. The van der Waals surface area contributed by atoms with Gasteiger partial charge in [-0.3, -0.25) is 14.7 Å². The molecule has 0 saturated carbocycles. The highest BCUT2D eigenvalue weighted by molar-refractivity contribution is 4.77. The van der Waals surface area contributed by atoms with Gasteiger partial charge in [-0.15, -0.1) is 0 Å². The number of hydrogen-bond acceptors (Lipinski definition) is 4. The molecule has 1 atom stereocenters. The topological polar surface area (TPSA) is 21.8 Å². The SMILES string of the molecule is CC(C)N1CCN(CCC(C)N2CCNC2)C1. The first-order valence-electron chi connectivity index (χ1n) is 7.08. The van der Waals surface area contributed by atoms with Crippen molar-refractivity contribution in [3.63, 3.8) is 0 Å². The standard InChI is InChI=1S/C13H28N4/c1-12(2)17-9-8-15(11-17)6-4-13(3)16-7-5-14-10-16/h12-14H,4-11H2,1-3H3. The average molecular weight is 240 g/mol. The molecular weight excluding hydrogens is 212 g/mol. The van der Waals surface area contributed by atoms with Crippen LogP contribution in [0.25, 0.3) is 0 Å². The van der Waals surface area contributed by atoms with Crippen molar-refractivity contribution in [3.05, 3.63) is 0 Å². The zero-order valence-corrected chi connectivity index (χ0v) is 11.7. The van der Waals surface area contributed by atoms with Crippen LogP contribution in [0.2, 0.25) is 0 Å². The summed E-state index contributed by atoms with van der Waals surface area (Å²) in [5.41, 5.74) is 0. The normalized spacial score (nSPS) is 26.1. The van der Waals surface area contributed by atoms with Gasteiger partial charge in [-0.05, 0) is 27.2 Å². The molecule has 1 N–H and O–H groups in total. The lowest BCUT2D eigenvalue weighted by Crippen LogP contribution is -2.36. The molecule has 0 aromatic carbocycles. The fourth-order valence-corrected chi connectivity index (χ4v) is 2.72. The van der Waals surface area contributed by atoms with Crippen molar-refractivity contribution in [1.29, 1.82) is 0 Å². The molecule has 0 spiro atoms. The number of nitrogens with zero attached hydrogens (tertiary/aromatic N) is 3. The molecular formula is C13H28N4. The molecule has 4 nitrogen and oxygen atoms in total. The Hall–Kier alpha value is -0.160. The van der Waals surface area contributed by atoms with Gasteiger partial charge in [0.25, 0.3) is 0 Å². The van der Waals surface area contributed by atoms with Gasteiger partial charge in [0.2, 0.25) is 0 Å². The zero-order chi connectivity index (χ0) is 12.3. The minimum atomic E-state index is 0.695. The second-order valence-electron chi connectivity index (χ2n) is 5.77. The van der Waals surface area contributed by atoms with Crippen LogP contribution in [-0.2, 0) is 0 Å². The van der Waals surface area contributed by atoms with Crippen molar-refractivity contribution in [3.8, 4) is 0 Å². The molecule has 17 heavy (non-hydrogen) atoms. The highest BCUT2D eigenvalue weighted by Crippen LogP contribution is 2.12.